The molecule has 3 heteroatoms. The lowest BCUT2D eigenvalue weighted by molar-refractivity contribution is 0.214. The van der Waals surface area contributed by atoms with E-state index in [1.54, 1.807) is 0 Å². The van der Waals surface area contributed by atoms with Gasteiger partial charge >= 0.3 is 0 Å². The number of hydrogen-bond donors (Lipinski definition) is 1. The Morgan fingerprint density at radius 3 is 2.76 bits per heavy atom. The molecule has 1 unspecified atom stereocenters. The van der Waals surface area contributed by atoms with Gasteiger partial charge in [-0.25, -0.2) is 0 Å². The van der Waals surface area contributed by atoms with Crippen LogP contribution in [0.4, 0.5) is 0 Å². The second kappa shape index (κ2) is 7.04. The molecule has 1 atom stereocenters. The van der Waals surface area contributed by atoms with Crippen molar-refractivity contribution in [1.82, 2.24) is 4.90 Å². The molecule has 1 aliphatic heterocycles. The summed E-state index contributed by atoms with van der Waals surface area (Å²) in [6.45, 7) is 3.17. The number of thioether (sulfide) groups is 1. The highest BCUT2D eigenvalue weighted by Crippen LogP contribution is 2.15. The van der Waals surface area contributed by atoms with Gasteiger partial charge in [-0.1, -0.05) is 30.3 Å². The van der Waals surface area contributed by atoms with Gasteiger partial charge in [0.1, 0.15) is 0 Å². The standard InChI is InChI=1S/C14H22N2S/c15-12-14(11-13-5-2-1-3-6-13)16-7-4-9-17-10-8-16/h1-3,5-6,14H,4,7-12,15H2. The summed E-state index contributed by atoms with van der Waals surface area (Å²) in [6.07, 6.45) is 2.39. The molecule has 1 fully saturated rings. The Bertz CT molecular complexity index is 307. The Morgan fingerprint density at radius 2 is 2.00 bits per heavy atom. The second-order valence-corrected chi connectivity index (χ2v) is 5.81. The normalized spacial score (nSPS) is 19.8. The van der Waals surface area contributed by atoms with Crippen molar-refractivity contribution in [3.8, 4) is 0 Å². The third kappa shape index (κ3) is 4.02. The van der Waals surface area contributed by atoms with E-state index in [1.807, 2.05) is 0 Å². The van der Waals surface area contributed by atoms with Crippen molar-refractivity contribution in [3.05, 3.63) is 35.9 Å². The van der Waals surface area contributed by atoms with E-state index < -0.39 is 0 Å². The van der Waals surface area contributed by atoms with Crippen molar-refractivity contribution in [2.75, 3.05) is 31.1 Å². The molecular weight excluding hydrogens is 228 g/mol. The second-order valence-electron chi connectivity index (χ2n) is 4.58. The molecule has 0 saturated carbocycles. The van der Waals surface area contributed by atoms with Gasteiger partial charge in [0, 0.05) is 24.9 Å². The zero-order valence-electron chi connectivity index (χ0n) is 10.3. The fraction of sp³-hybridized carbons (Fsp3) is 0.571. The van der Waals surface area contributed by atoms with Crippen LogP contribution < -0.4 is 5.73 Å². The van der Waals surface area contributed by atoms with Crippen LogP contribution in [0.3, 0.4) is 0 Å². The Kier molecular flexibility index (Phi) is 5.36. The Hall–Kier alpha value is -0.510. The molecular formula is C14H22N2S. The van der Waals surface area contributed by atoms with Gasteiger partial charge in [-0.05, 0) is 30.7 Å². The minimum absolute atomic E-state index is 0.510. The van der Waals surface area contributed by atoms with Crippen LogP contribution >= 0.6 is 11.8 Å². The van der Waals surface area contributed by atoms with Gasteiger partial charge < -0.3 is 5.73 Å². The first-order valence-electron chi connectivity index (χ1n) is 6.46. The first kappa shape index (κ1) is 12.9. The van der Waals surface area contributed by atoms with E-state index in [0.29, 0.717) is 6.04 Å². The molecule has 1 aromatic carbocycles. The van der Waals surface area contributed by atoms with E-state index in [0.717, 1.165) is 13.0 Å². The number of nitrogens with zero attached hydrogens (tertiary/aromatic N) is 1. The van der Waals surface area contributed by atoms with Gasteiger partial charge in [-0.2, -0.15) is 11.8 Å². The summed E-state index contributed by atoms with van der Waals surface area (Å²) in [5.41, 5.74) is 7.36. The van der Waals surface area contributed by atoms with Crippen LogP contribution in [-0.4, -0.2) is 42.1 Å². The Balaban J connectivity index is 1.95. The number of nitrogens with two attached hydrogens (primary N) is 1. The maximum atomic E-state index is 5.95. The molecule has 2 rings (SSSR count). The van der Waals surface area contributed by atoms with E-state index in [9.17, 15) is 0 Å². The fourth-order valence-electron chi connectivity index (χ4n) is 2.38. The summed E-state index contributed by atoms with van der Waals surface area (Å²) < 4.78 is 0. The van der Waals surface area contributed by atoms with E-state index in [1.165, 1.54) is 36.6 Å². The minimum Gasteiger partial charge on any atom is -0.329 e. The maximum absolute atomic E-state index is 5.95. The van der Waals surface area contributed by atoms with Gasteiger partial charge in [-0.15, -0.1) is 0 Å². The molecule has 2 N–H and O–H groups in total. The first-order chi connectivity index (χ1) is 8.40. The van der Waals surface area contributed by atoms with Crippen molar-refractivity contribution in [3.63, 3.8) is 0 Å². The molecule has 0 spiro atoms. The highest BCUT2D eigenvalue weighted by atomic mass is 32.2. The van der Waals surface area contributed by atoms with E-state index >= 15 is 0 Å². The smallest absolute Gasteiger partial charge is 0.0259 e. The van der Waals surface area contributed by atoms with Crippen LogP contribution in [0, 0.1) is 0 Å². The quantitative estimate of drug-likeness (QED) is 0.886. The van der Waals surface area contributed by atoms with Crippen molar-refractivity contribution >= 4 is 11.8 Å². The molecule has 0 aromatic heterocycles. The number of hydrogen-bond acceptors (Lipinski definition) is 3. The van der Waals surface area contributed by atoms with Crippen molar-refractivity contribution in [2.24, 2.45) is 5.73 Å². The lowest BCUT2D eigenvalue weighted by Crippen LogP contribution is -2.43. The van der Waals surface area contributed by atoms with Gasteiger partial charge in [0.2, 0.25) is 0 Å². The topological polar surface area (TPSA) is 29.3 Å². The molecule has 17 heavy (non-hydrogen) atoms. The van der Waals surface area contributed by atoms with E-state index in [4.69, 9.17) is 5.73 Å². The lowest BCUT2D eigenvalue weighted by Gasteiger charge is -2.29. The number of benzene rings is 1. The lowest BCUT2D eigenvalue weighted by atomic mass is 10.0. The van der Waals surface area contributed by atoms with Crippen molar-refractivity contribution in [1.29, 1.82) is 0 Å². The van der Waals surface area contributed by atoms with Gasteiger partial charge in [0.15, 0.2) is 0 Å². The van der Waals surface area contributed by atoms with Crippen LogP contribution in [0.15, 0.2) is 30.3 Å². The highest BCUT2D eigenvalue weighted by molar-refractivity contribution is 7.99. The van der Waals surface area contributed by atoms with Crippen LogP contribution in [-0.2, 0) is 6.42 Å². The van der Waals surface area contributed by atoms with Crippen molar-refractivity contribution < 1.29 is 0 Å². The van der Waals surface area contributed by atoms with Gasteiger partial charge in [-0.3, -0.25) is 4.90 Å². The monoisotopic (exact) mass is 250 g/mol. The minimum atomic E-state index is 0.510. The largest absolute Gasteiger partial charge is 0.329 e. The Morgan fingerprint density at radius 1 is 1.18 bits per heavy atom. The van der Waals surface area contributed by atoms with Crippen LogP contribution in [0.5, 0.6) is 0 Å². The van der Waals surface area contributed by atoms with Gasteiger partial charge in [0.25, 0.3) is 0 Å². The zero-order chi connectivity index (χ0) is 11.9. The number of rotatable bonds is 4. The SMILES string of the molecule is NCC(Cc1ccccc1)N1CCCSCC1. The van der Waals surface area contributed by atoms with E-state index in [2.05, 4.69) is 47.0 Å². The van der Waals surface area contributed by atoms with E-state index in [-0.39, 0.29) is 0 Å². The van der Waals surface area contributed by atoms with Gasteiger partial charge in [0.05, 0.1) is 0 Å². The molecule has 1 heterocycles. The van der Waals surface area contributed by atoms with Crippen molar-refractivity contribution in [2.45, 2.75) is 18.9 Å². The first-order valence-corrected chi connectivity index (χ1v) is 7.61. The molecule has 1 saturated heterocycles. The maximum Gasteiger partial charge on any atom is 0.0259 e. The molecule has 0 aliphatic carbocycles. The fourth-order valence-corrected chi connectivity index (χ4v) is 3.28. The molecule has 1 aliphatic rings. The average molecular weight is 250 g/mol. The molecule has 2 nitrogen and oxygen atoms in total. The van der Waals surface area contributed by atoms with Crippen LogP contribution in [0.25, 0.3) is 0 Å². The third-order valence-electron chi connectivity index (χ3n) is 3.36. The predicted octanol–water partition coefficient (Wildman–Crippen LogP) is 2.00. The van der Waals surface area contributed by atoms with Crippen LogP contribution in [0.2, 0.25) is 0 Å². The summed E-state index contributed by atoms with van der Waals surface area (Å²) >= 11 is 2.07. The average Bonchev–Trinajstić information content (AvgIpc) is 2.66. The molecule has 0 radical (unpaired) electrons. The summed E-state index contributed by atoms with van der Waals surface area (Å²) in [4.78, 5) is 2.58. The summed E-state index contributed by atoms with van der Waals surface area (Å²) in [7, 11) is 0. The predicted molar refractivity (Wildman–Crippen MR) is 76.5 cm³/mol. The summed E-state index contributed by atoms with van der Waals surface area (Å²) in [5, 5.41) is 0. The molecule has 94 valence electrons. The molecule has 0 bridgehead atoms. The van der Waals surface area contributed by atoms with Crippen LogP contribution in [0.1, 0.15) is 12.0 Å². The molecule has 1 aromatic rings. The zero-order valence-corrected chi connectivity index (χ0v) is 11.2. The summed E-state index contributed by atoms with van der Waals surface area (Å²) in [5.74, 6) is 2.56. The summed E-state index contributed by atoms with van der Waals surface area (Å²) in [6, 6.07) is 11.2. The Labute approximate surface area is 109 Å². The molecule has 0 amide bonds. The third-order valence-corrected chi connectivity index (χ3v) is 4.41. The highest BCUT2D eigenvalue weighted by Gasteiger charge is 2.18.